The Hall–Kier alpha value is -1.86. The first-order valence-corrected chi connectivity index (χ1v) is 7.66. The van der Waals surface area contributed by atoms with Gasteiger partial charge >= 0.3 is 0 Å². The molecule has 2 aliphatic heterocycles. The van der Waals surface area contributed by atoms with Gasteiger partial charge in [-0.05, 0) is 51.4 Å². The number of nitrogens with zero attached hydrogens (tertiary/aromatic N) is 3. The standard InChI is InChI=1S/C17H21N3O/c1-12-10-19-7-3-4-15(19)11-20(12)17-8-14(9-18)5-6-16(17)13(2)21/h5-6,8,12,15H,3-4,7,10-11H2,1-2H3. The Bertz CT molecular complexity index is 605. The molecule has 1 aromatic carbocycles. The van der Waals surface area contributed by atoms with Crippen molar-refractivity contribution in [3.8, 4) is 6.07 Å². The molecule has 21 heavy (non-hydrogen) atoms. The lowest BCUT2D eigenvalue weighted by molar-refractivity contribution is 0.101. The fraction of sp³-hybridized carbons (Fsp3) is 0.529. The van der Waals surface area contributed by atoms with E-state index in [2.05, 4.69) is 22.8 Å². The van der Waals surface area contributed by atoms with E-state index in [1.54, 1.807) is 19.1 Å². The molecular weight excluding hydrogens is 262 g/mol. The van der Waals surface area contributed by atoms with Crippen molar-refractivity contribution in [2.45, 2.75) is 38.8 Å². The Morgan fingerprint density at radius 2 is 2.19 bits per heavy atom. The lowest BCUT2D eigenvalue weighted by Gasteiger charge is -2.44. The largest absolute Gasteiger partial charge is 0.365 e. The highest BCUT2D eigenvalue weighted by Crippen LogP contribution is 2.31. The molecule has 0 amide bonds. The van der Waals surface area contributed by atoms with Gasteiger partial charge in [0.25, 0.3) is 0 Å². The molecule has 0 radical (unpaired) electrons. The van der Waals surface area contributed by atoms with Crippen LogP contribution in [-0.4, -0.2) is 42.4 Å². The number of hydrogen-bond donors (Lipinski definition) is 0. The van der Waals surface area contributed by atoms with Crippen molar-refractivity contribution < 1.29 is 4.79 Å². The van der Waals surface area contributed by atoms with E-state index >= 15 is 0 Å². The molecule has 0 saturated carbocycles. The van der Waals surface area contributed by atoms with E-state index in [0.29, 0.717) is 17.6 Å². The monoisotopic (exact) mass is 283 g/mol. The van der Waals surface area contributed by atoms with E-state index in [9.17, 15) is 4.79 Å². The van der Waals surface area contributed by atoms with Gasteiger partial charge in [-0.3, -0.25) is 9.69 Å². The Balaban J connectivity index is 1.98. The van der Waals surface area contributed by atoms with Crippen LogP contribution < -0.4 is 4.90 Å². The smallest absolute Gasteiger partial charge is 0.161 e. The SMILES string of the molecule is CC(=O)c1ccc(C#N)cc1N1CC2CCCN2CC1C. The van der Waals surface area contributed by atoms with Gasteiger partial charge in [-0.15, -0.1) is 0 Å². The summed E-state index contributed by atoms with van der Waals surface area (Å²) < 4.78 is 0. The normalized spacial score (nSPS) is 25.5. The Morgan fingerprint density at radius 3 is 2.90 bits per heavy atom. The molecule has 0 spiro atoms. The number of hydrogen-bond acceptors (Lipinski definition) is 4. The van der Waals surface area contributed by atoms with Crippen molar-refractivity contribution in [1.29, 1.82) is 5.26 Å². The first-order chi connectivity index (χ1) is 10.1. The molecule has 2 fully saturated rings. The van der Waals surface area contributed by atoms with Crippen molar-refractivity contribution >= 4 is 11.5 Å². The van der Waals surface area contributed by atoms with Crippen molar-refractivity contribution in [1.82, 2.24) is 4.90 Å². The third kappa shape index (κ3) is 2.54. The minimum Gasteiger partial charge on any atom is -0.365 e. The number of rotatable bonds is 2. The summed E-state index contributed by atoms with van der Waals surface area (Å²) in [5, 5.41) is 9.14. The Kier molecular flexibility index (Phi) is 3.69. The summed E-state index contributed by atoms with van der Waals surface area (Å²) in [4.78, 5) is 16.8. The second-order valence-corrected chi connectivity index (χ2v) is 6.19. The minimum atomic E-state index is 0.0653. The van der Waals surface area contributed by atoms with Gasteiger partial charge in [0, 0.05) is 36.4 Å². The highest BCUT2D eigenvalue weighted by atomic mass is 16.1. The summed E-state index contributed by atoms with van der Waals surface area (Å²) in [5.41, 5.74) is 2.28. The molecular formula is C17H21N3O. The van der Waals surface area contributed by atoms with Crippen molar-refractivity contribution in [2.75, 3.05) is 24.5 Å². The van der Waals surface area contributed by atoms with Crippen LogP contribution in [0.2, 0.25) is 0 Å². The molecule has 1 aromatic rings. The Labute approximate surface area is 126 Å². The number of piperazine rings is 1. The highest BCUT2D eigenvalue weighted by Gasteiger charge is 2.35. The summed E-state index contributed by atoms with van der Waals surface area (Å²) in [6.07, 6.45) is 2.50. The van der Waals surface area contributed by atoms with Crippen LogP contribution in [0.5, 0.6) is 0 Å². The van der Waals surface area contributed by atoms with Gasteiger partial charge in [-0.25, -0.2) is 0 Å². The first-order valence-electron chi connectivity index (χ1n) is 7.66. The minimum absolute atomic E-state index is 0.0653. The zero-order chi connectivity index (χ0) is 15.0. The number of carbonyl (C=O) groups is 1. The third-order valence-corrected chi connectivity index (χ3v) is 4.75. The molecule has 3 rings (SSSR count). The van der Waals surface area contributed by atoms with Gasteiger partial charge in [0.1, 0.15) is 0 Å². The number of fused-ring (bicyclic) bond motifs is 1. The fourth-order valence-corrected chi connectivity index (χ4v) is 3.66. The summed E-state index contributed by atoms with van der Waals surface area (Å²) in [7, 11) is 0. The second kappa shape index (κ2) is 5.50. The summed E-state index contributed by atoms with van der Waals surface area (Å²) in [6.45, 7) is 6.99. The zero-order valence-electron chi connectivity index (χ0n) is 12.7. The van der Waals surface area contributed by atoms with Gasteiger partial charge in [0.2, 0.25) is 0 Å². The molecule has 0 N–H and O–H groups in total. The van der Waals surface area contributed by atoms with Crippen LogP contribution in [0.1, 0.15) is 42.6 Å². The molecule has 0 aliphatic carbocycles. The Morgan fingerprint density at radius 1 is 1.38 bits per heavy atom. The summed E-state index contributed by atoms with van der Waals surface area (Å²) >= 11 is 0. The average Bonchev–Trinajstić information content (AvgIpc) is 2.92. The van der Waals surface area contributed by atoms with Gasteiger partial charge in [-0.1, -0.05) is 0 Å². The maximum absolute atomic E-state index is 11.9. The molecule has 2 aliphatic rings. The molecule has 110 valence electrons. The lowest BCUT2D eigenvalue weighted by Crippen LogP contribution is -2.55. The topological polar surface area (TPSA) is 47.3 Å². The van der Waals surface area contributed by atoms with Gasteiger partial charge in [0.15, 0.2) is 5.78 Å². The van der Waals surface area contributed by atoms with Crippen LogP contribution in [0.4, 0.5) is 5.69 Å². The van der Waals surface area contributed by atoms with E-state index in [4.69, 9.17) is 5.26 Å². The predicted molar refractivity (Wildman–Crippen MR) is 82.6 cm³/mol. The van der Waals surface area contributed by atoms with E-state index in [1.807, 2.05) is 6.07 Å². The van der Waals surface area contributed by atoms with E-state index < -0.39 is 0 Å². The van der Waals surface area contributed by atoms with Crippen molar-refractivity contribution in [3.05, 3.63) is 29.3 Å². The molecule has 2 heterocycles. The maximum Gasteiger partial charge on any atom is 0.161 e. The number of benzene rings is 1. The van der Waals surface area contributed by atoms with E-state index in [0.717, 1.165) is 24.3 Å². The van der Waals surface area contributed by atoms with Crippen LogP contribution in [0, 0.1) is 11.3 Å². The van der Waals surface area contributed by atoms with Gasteiger partial charge < -0.3 is 4.90 Å². The van der Waals surface area contributed by atoms with Crippen LogP contribution in [-0.2, 0) is 0 Å². The predicted octanol–water partition coefficient (Wildman–Crippen LogP) is 2.43. The highest BCUT2D eigenvalue weighted by molar-refractivity contribution is 6.00. The summed E-state index contributed by atoms with van der Waals surface area (Å²) in [6, 6.07) is 8.54. The van der Waals surface area contributed by atoms with Crippen molar-refractivity contribution in [3.63, 3.8) is 0 Å². The van der Waals surface area contributed by atoms with Crippen LogP contribution in [0.15, 0.2) is 18.2 Å². The van der Waals surface area contributed by atoms with Gasteiger partial charge in [0.05, 0.1) is 11.6 Å². The molecule has 0 bridgehead atoms. The van der Waals surface area contributed by atoms with Crippen molar-refractivity contribution in [2.24, 2.45) is 0 Å². The molecule has 2 unspecified atom stereocenters. The number of anilines is 1. The van der Waals surface area contributed by atoms with Crippen LogP contribution >= 0.6 is 0 Å². The van der Waals surface area contributed by atoms with Crippen LogP contribution in [0.25, 0.3) is 0 Å². The van der Waals surface area contributed by atoms with Gasteiger partial charge in [-0.2, -0.15) is 5.26 Å². The summed E-state index contributed by atoms with van der Waals surface area (Å²) in [5.74, 6) is 0.0653. The molecule has 2 atom stereocenters. The maximum atomic E-state index is 11.9. The first kappa shape index (κ1) is 14.1. The number of ketones is 1. The number of Topliss-reactive ketones (excluding diaryl/α,β-unsaturated/α-hetero) is 1. The molecule has 4 nitrogen and oxygen atoms in total. The third-order valence-electron chi connectivity index (χ3n) is 4.75. The molecule has 0 aromatic heterocycles. The number of carbonyl (C=O) groups excluding carboxylic acids is 1. The molecule has 2 saturated heterocycles. The van der Waals surface area contributed by atoms with Crippen LogP contribution in [0.3, 0.4) is 0 Å². The second-order valence-electron chi connectivity index (χ2n) is 6.19. The fourth-order valence-electron chi connectivity index (χ4n) is 3.66. The lowest BCUT2D eigenvalue weighted by atomic mass is 10.0. The van der Waals surface area contributed by atoms with E-state index in [-0.39, 0.29) is 5.78 Å². The zero-order valence-corrected chi connectivity index (χ0v) is 12.7. The van der Waals surface area contributed by atoms with E-state index in [1.165, 1.54) is 19.4 Å². The quantitative estimate of drug-likeness (QED) is 0.782. The average molecular weight is 283 g/mol. The number of nitriles is 1. The molecule has 4 heteroatoms.